The van der Waals surface area contributed by atoms with Gasteiger partial charge in [-0.05, 0) is 37.2 Å². The molecule has 1 aromatic rings. The maximum atomic E-state index is 9.54. The monoisotopic (exact) mass is 193 g/mol. The zero-order valence-electron chi connectivity index (χ0n) is 9.25. The van der Waals surface area contributed by atoms with Crippen molar-refractivity contribution in [3.8, 4) is 5.75 Å². The topological polar surface area (TPSA) is 23.5 Å². The summed E-state index contributed by atoms with van der Waals surface area (Å²) in [5, 5.41) is 9.54. The molecule has 0 aliphatic carbocycles. The molecular formula is C12H19NO. The Kier molecular flexibility index (Phi) is 3.96. The first kappa shape index (κ1) is 11.1. The number of benzene rings is 1. The van der Waals surface area contributed by atoms with Crippen LogP contribution in [-0.4, -0.2) is 23.1 Å². The van der Waals surface area contributed by atoms with Gasteiger partial charge in [-0.3, -0.25) is 4.90 Å². The number of nitrogens with zero attached hydrogens (tertiary/aromatic N) is 1. The highest BCUT2D eigenvalue weighted by molar-refractivity contribution is 5.35. The Labute approximate surface area is 86.2 Å². The van der Waals surface area contributed by atoms with Crippen LogP contribution < -0.4 is 0 Å². The number of hydrogen-bond acceptors (Lipinski definition) is 2. The Balaban J connectivity index is 2.72. The van der Waals surface area contributed by atoms with Crippen LogP contribution in [0.5, 0.6) is 5.75 Å². The van der Waals surface area contributed by atoms with Gasteiger partial charge >= 0.3 is 0 Å². The molecule has 14 heavy (non-hydrogen) atoms. The summed E-state index contributed by atoms with van der Waals surface area (Å²) in [4.78, 5) is 2.32. The zero-order valence-corrected chi connectivity index (χ0v) is 9.25. The highest BCUT2D eigenvalue weighted by Gasteiger charge is 2.02. The molecule has 1 N–H and O–H groups in total. The van der Waals surface area contributed by atoms with Gasteiger partial charge in [0, 0.05) is 6.54 Å². The van der Waals surface area contributed by atoms with Crippen molar-refractivity contribution in [2.45, 2.75) is 27.3 Å². The molecule has 0 saturated carbocycles. The molecular weight excluding hydrogens is 174 g/mol. The SMILES string of the molecule is CCN(CC)Cc1ccc(C)c(O)c1. The number of hydrogen-bond donors (Lipinski definition) is 1. The van der Waals surface area contributed by atoms with Gasteiger partial charge in [0.05, 0.1) is 0 Å². The molecule has 0 aliphatic rings. The number of phenols is 1. The van der Waals surface area contributed by atoms with Crippen LogP contribution in [-0.2, 0) is 6.54 Å². The minimum atomic E-state index is 0.398. The summed E-state index contributed by atoms with van der Waals surface area (Å²) in [6, 6.07) is 5.90. The average Bonchev–Trinajstić information content (AvgIpc) is 2.19. The van der Waals surface area contributed by atoms with Crippen molar-refractivity contribution in [3.05, 3.63) is 29.3 Å². The molecule has 0 radical (unpaired) electrons. The van der Waals surface area contributed by atoms with E-state index in [1.807, 2.05) is 19.1 Å². The predicted molar refractivity (Wildman–Crippen MR) is 59.5 cm³/mol. The first-order valence-corrected chi connectivity index (χ1v) is 5.18. The van der Waals surface area contributed by atoms with Gasteiger partial charge in [0.15, 0.2) is 0 Å². The Morgan fingerprint density at radius 2 is 1.86 bits per heavy atom. The largest absolute Gasteiger partial charge is 0.508 e. The van der Waals surface area contributed by atoms with Gasteiger partial charge in [0.1, 0.15) is 5.75 Å². The summed E-state index contributed by atoms with van der Waals surface area (Å²) < 4.78 is 0. The lowest BCUT2D eigenvalue weighted by Crippen LogP contribution is -2.21. The zero-order chi connectivity index (χ0) is 10.6. The normalized spacial score (nSPS) is 10.9. The summed E-state index contributed by atoms with van der Waals surface area (Å²) in [6.07, 6.45) is 0. The Hall–Kier alpha value is -1.02. The minimum absolute atomic E-state index is 0.398. The molecule has 0 fully saturated rings. The molecule has 0 aromatic heterocycles. The second kappa shape index (κ2) is 5.01. The smallest absolute Gasteiger partial charge is 0.118 e. The average molecular weight is 193 g/mol. The molecule has 78 valence electrons. The van der Waals surface area contributed by atoms with Gasteiger partial charge in [-0.1, -0.05) is 26.0 Å². The van der Waals surface area contributed by atoms with Crippen molar-refractivity contribution in [1.29, 1.82) is 0 Å². The quantitative estimate of drug-likeness (QED) is 0.794. The molecule has 0 aliphatic heterocycles. The number of aromatic hydroxyl groups is 1. The molecule has 2 heteroatoms. The summed E-state index contributed by atoms with van der Waals surface area (Å²) in [5.74, 6) is 0.398. The van der Waals surface area contributed by atoms with E-state index in [1.165, 1.54) is 5.56 Å². The van der Waals surface area contributed by atoms with Crippen LogP contribution in [0.3, 0.4) is 0 Å². The molecule has 0 spiro atoms. The molecule has 0 amide bonds. The number of aryl methyl sites for hydroxylation is 1. The van der Waals surface area contributed by atoms with Gasteiger partial charge < -0.3 is 5.11 Å². The van der Waals surface area contributed by atoms with Gasteiger partial charge in [0.25, 0.3) is 0 Å². The van der Waals surface area contributed by atoms with Crippen LogP contribution >= 0.6 is 0 Å². The third kappa shape index (κ3) is 2.74. The van der Waals surface area contributed by atoms with Crippen LogP contribution in [0.1, 0.15) is 25.0 Å². The maximum Gasteiger partial charge on any atom is 0.118 e. The van der Waals surface area contributed by atoms with E-state index >= 15 is 0 Å². The lowest BCUT2D eigenvalue weighted by molar-refractivity contribution is 0.295. The van der Waals surface area contributed by atoms with Crippen LogP contribution in [0.15, 0.2) is 18.2 Å². The van der Waals surface area contributed by atoms with Crippen LogP contribution in [0, 0.1) is 6.92 Å². The fourth-order valence-corrected chi connectivity index (χ4v) is 1.46. The third-order valence-electron chi connectivity index (χ3n) is 2.57. The molecule has 1 rings (SSSR count). The lowest BCUT2D eigenvalue weighted by Gasteiger charge is -2.18. The highest BCUT2D eigenvalue weighted by Crippen LogP contribution is 2.18. The van der Waals surface area contributed by atoms with Crippen molar-refractivity contribution in [2.75, 3.05) is 13.1 Å². The molecule has 0 atom stereocenters. The fraction of sp³-hybridized carbons (Fsp3) is 0.500. The third-order valence-corrected chi connectivity index (χ3v) is 2.57. The van der Waals surface area contributed by atoms with E-state index in [0.29, 0.717) is 5.75 Å². The summed E-state index contributed by atoms with van der Waals surface area (Å²) >= 11 is 0. The Morgan fingerprint density at radius 3 is 2.36 bits per heavy atom. The van der Waals surface area contributed by atoms with E-state index in [0.717, 1.165) is 25.2 Å². The van der Waals surface area contributed by atoms with Gasteiger partial charge in [0.2, 0.25) is 0 Å². The van der Waals surface area contributed by atoms with Crippen LogP contribution in [0.4, 0.5) is 0 Å². The fourth-order valence-electron chi connectivity index (χ4n) is 1.46. The van der Waals surface area contributed by atoms with Crippen molar-refractivity contribution in [2.24, 2.45) is 0 Å². The van der Waals surface area contributed by atoms with Crippen LogP contribution in [0.2, 0.25) is 0 Å². The standard InChI is InChI=1S/C12H19NO/c1-4-13(5-2)9-11-7-6-10(3)12(14)8-11/h6-8,14H,4-5,9H2,1-3H3. The van der Waals surface area contributed by atoms with Gasteiger partial charge in [-0.25, -0.2) is 0 Å². The second-order valence-electron chi connectivity index (χ2n) is 3.58. The highest BCUT2D eigenvalue weighted by atomic mass is 16.3. The first-order valence-electron chi connectivity index (χ1n) is 5.18. The summed E-state index contributed by atoms with van der Waals surface area (Å²) in [6.45, 7) is 9.22. The molecule has 0 unspecified atom stereocenters. The van der Waals surface area contributed by atoms with E-state index in [9.17, 15) is 5.11 Å². The minimum Gasteiger partial charge on any atom is -0.508 e. The Morgan fingerprint density at radius 1 is 1.21 bits per heavy atom. The molecule has 2 nitrogen and oxygen atoms in total. The van der Waals surface area contributed by atoms with Crippen molar-refractivity contribution in [1.82, 2.24) is 4.90 Å². The molecule has 0 bridgehead atoms. The first-order chi connectivity index (χ1) is 6.67. The molecule has 0 saturated heterocycles. The summed E-state index contributed by atoms with van der Waals surface area (Å²) in [5.41, 5.74) is 2.12. The second-order valence-corrected chi connectivity index (χ2v) is 3.58. The van der Waals surface area contributed by atoms with E-state index < -0.39 is 0 Å². The predicted octanol–water partition coefficient (Wildman–Crippen LogP) is 2.54. The number of rotatable bonds is 4. The Bertz CT molecular complexity index is 292. The van der Waals surface area contributed by atoms with Crippen molar-refractivity contribution in [3.63, 3.8) is 0 Å². The molecule has 0 heterocycles. The van der Waals surface area contributed by atoms with E-state index in [-0.39, 0.29) is 0 Å². The maximum absolute atomic E-state index is 9.54. The lowest BCUT2D eigenvalue weighted by atomic mass is 10.1. The van der Waals surface area contributed by atoms with Crippen molar-refractivity contribution >= 4 is 0 Å². The van der Waals surface area contributed by atoms with E-state index in [4.69, 9.17) is 0 Å². The van der Waals surface area contributed by atoms with Gasteiger partial charge in [-0.2, -0.15) is 0 Å². The summed E-state index contributed by atoms with van der Waals surface area (Å²) in [7, 11) is 0. The number of phenolic OH excluding ortho intramolecular Hbond substituents is 1. The van der Waals surface area contributed by atoms with Crippen molar-refractivity contribution < 1.29 is 5.11 Å². The molecule has 1 aromatic carbocycles. The van der Waals surface area contributed by atoms with Crippen LogP contribution in [0.25, 0.3) is 0 Å². The van der Waals surface area contributed by atoms with E-state index in [2.05, 4.69) is 24.8 Å². The van der Waals surface area contributed by atoms with E-state index in [1.54, 1.807) is 0 Å². The van der Waals surface area contributed by atoms with Gasteiger partial charge in [-0.15, -0.1) is 0 Å².